The average Bonchev–Trinajstić information content (AvgIpc) is 3.55. The largest absolute Gasteiger partial charge is 0.352 e. The number of likely N-dealkylation sites (N-methyl/N-ethyl adjacent to an activating group) is 1. The third kappa shape index (κ3) is 4.71. The number of fused-ring (bicyclic) bond motifs is 3. The monoisotopic (exact) mass is 592 g/mol. The number of benzene rings is 1. The Balaban J connectivity index is 1.39. The van der Waals surface area contributed by atoms with E-state index in [1.807, 2.05) is 21.7 Å². The zero-order valence-electron chi connectivity index (χ0n) is 21.4. The van der Waals surface area contributed by atoms with Crippen LogP contribution in [0.2, 0.25) is 0 Å². The van der Waals surface area contributed by atoms with Gasteiger partial charge in [0.25, 0.3) is 6.43 Å². The molecule has 6 rings (SSSR count). The highest BCUT2D eigenvalue weighted by Crippen LogP contribution is 2.38. The van der Waals surface area contributed by atoms with Gasteiger partial charge in [-0.3, -0.25) is 4.57 Å². The summed E-state index contributed by atoms with van der Waals surface area (Å²) in [5.41, 5.74) is 0.726. The van der Waals surface area contributed by atoms with E-state index in [1.54, 1.807) is 6.07 Å². The predicted octanol–water partition coefficient (Wildman–Crippen LogP) is 1.50. The molecule has 2 amide bonds. The van der Waals surface area contributed by atoms with Crippen molar-refractivity contribution in [2.75, 3.05) is 64.3 Å². The third-order valence-corrected chi connectivity index (χ3v) is 9.09. The lowest BCUT2D eigenvalue weighted by atomic mass is 10.2. The van der Waals surface area contributed by atoms with Crippen molar-refractivity contribution < 1.29 is 22.0 Å². The Kier molecular flexibility index (Phi) is 6.76. The molecule has 0 radical (unpaired) electrons. The first-order valence-electron chi connectivity index (χ1n) is 12.5. The van der Waals surface area contributed by atoms with E-state index in [2.05, 4.69) is 25.1 Å². The smallest absolute Gasteiger partial charge is 0.320 e. The van der Waals surface area contributed by atoms with Crippen molar-refractivity contribution in [1.82, 2.24) is 39.4 Å². The number of aromatic nitrogens is 5. The number of carbonyl (C=O) groups is 1. The Hall–Kier alpha value is -3.54. The van der Waals surface area contributed by atoms with Gasteiger partial charge < -0.3 is 19.6 Å². The Morgan fingerprint density at radius 1 is 1.00 bits per heavy atom. The molecule has 17 heteroatoms. The molecule has 40 heavy (non-hydrogen) atoms. The molecule has 2 saturated heterocycles. The molecule has 4 aromatic rings. The predicted molar refractivity (Wildman–Crippen MR) is 144 cm³/mol. The van der Waals surface area contributed by atoms with Crippen LogP contribution in [-0.4, -0.2) is 113 Å². The molecule has 212 valence electrons. The number of hydrogen-bond donors (Lipinski definition) is 1. The van der Waals surface area contributed by atoms with Crippen LogP contribution in [0.15, 0.2) is 29.4 Å². The number of piperazine rings is 2. The van der Waals surface area contributed by atoms with Crippen molar-refractivity contribution in [2.24, 2.45) is 5.14 Å². The maximum Gasteiger partial charge on any atom is 0.320 e. The summed E-state index contributed by atoms with van der Waals surface area (Å²) in [7, 11) is -2.01. The number of alkyl halides is 2. The van der Waals surface area contributed by atoms with Crippen LogP contribution in [0.4, 0.5) is 19.4 Å². The van der Waals surface area contributed by atoms with Gasteiger partial charge in [-0.1, -0.05) is 17.4 Å². The number of sulfonamides is 1. The van der Waals surface area contributed by atoms with Gasteiger partial charge in [-0.05, 0) is 19.2 Å². The van der Waals surface area contributed by atoms with E-state index in [0.29, 0.717) is 78.4 Å². The Labute approximate surface area is 231 Å². The summed E-state index contributed by atoms with van der Waals surface area (Å²) in [6.45, 7) is 5.11. The van der Waals surface area contributed by atoms with E-state index in [1.165, 1.54) is 23.0 Å². The van der Waals surface area contributed by atoms with Crippen LogP contribution in [0.1, 0.15) is 11.4 Å². The van der Waals surface area contributed by atoms with Crippen LogP contribution >= 0.6 is 11.3 Å². The van der Waals surface area contributed by atoms with Gasteiger partial charge in [0.1, 0.15) is 12.1 Å². The molecule has 0 saturated carbocycles. The highest BCUT2D eigenvalue weighted by molar-refractivity contribution is 7.89. The molecule has 13 nitrogen and oxygen atoms in total. The second-order valence-corrected chi connectivity index (χ2v) is 12.3. The molecule has 3 aromatic heterocycles. The van der Waals surface area contributed by atoms with E-state index < -0.39 is 21.5 Å². The number of nitrogens with two attached hydrogens (primary N) is 1. The topological polar surface area (TPSA) is 147 Å². The minimum atomic E-state index is -4.05. The molecule has 2 aliphatic rings. The number of nitrogens with zero attached hydrogens (tertiary/aromatic N) is 9. The number of hydrogen-bond acceptors (Lipinski definition) is 10. The standard InChI is InChI=1S/C23H26F2N10O3S2/c1-31-4-6-33(7-5-31)23(36)34-10-8-32(9-11-34)19-17-15-3-2-14(40(26,37)38)12-16(15)35(20(17)28-13-27-19)22-30-29-21(39-22)18(24)25/h2-3,12-13,18H,4-11H2,1H3,(H2,26,37,38). The summed E-state index contributed by atoms with van der Waals surface area (Å²) < 4.78 is 52.4. The first-order chi connectivity index (χ1) is 19.1. The second-order valence-electron chi connectivity index (χ2n) is 9.73. The van der Waals surface area contributed by atoms with Crippen LogP contribution in [-0.2, 0) is 10.0 Å². The maximum atomic E-state index is 13.3. The van der Waals surface area contributed by atoms with Crippen LogP contribution in [0.5, 0.6) is 0 Å². The zero-order valence-corrected chi connectivity index (χ0v) is 23.1. The SMILES string of the molecule is CN1CCN(C(=O)N2CCN(c3ncnc4c3c3ccc(S(N)(=O)=O)cc3n4-c3nnc(C(F)F)s3)CC2)CC1. The fourth-order valence-electron chi connectivity index (χ4n) is 5.12. The third-order valence-electron chi connectivity index (χ3n) is 7.26. The molecular weight excluding hydrogens is 566 g/mol. The molecule has 1 aromatic carbocycles. The van der Waals surface area contributed by atoms with E-state index in [4.69, 9.17) is 5.14 Å². The van der Waals surface area contributed by atoms with Crippen LogP contribution in [0.25, 0.3) is 27.1 Å². The quantitative estimate of drug-likeness (QED) is 0.372. The first-order valence-corrected chi connectivity index (χ1v) is 14.9. The van der Waals surface area contributed by atoms with Crippen LogP contribution < -0.4 is 10.0 Å². The lowest BCUT2D eigenvalue weighted by molar-refractivity contribution is 0.120. The summed E-state index contributed by atoms with van der Waals surface area (Å²) in [6, 6.07) is 4.38. The molecule has 5 heterocycles. The van der Waals surface area contributed by atoms with Crippen molar-refractivity contribution in [3.8, 4) is 5.13 Å². The highest BCUT2D eigenvalue weighted by atomic mass is 32.2. The van der Waals surface area contributed by atoms with Crippen molar-refractivity contribution >= 4 is 55.1 Å². The fourth-order valence-corrected chi connectivity index (χ4v) is 6.37. The second kappa shape index (κ2) is 10.1. The van der Waals surface area contributed by atoms with Gasteiger partial charge in [0, 0.05) is 57.7 Å². The van der Waals surface area contributed by atoms with Crippen molar-refractivity contribution in [2.45, 2.75) is 11.3 Å². The molecule has 2 aliphatic heterocycles. The minimum Gasteiger partial charge on any atom is -0.352 e. The Bertz CT molecular complexity index is 1690. The summed E-state index contributed by atoms with van der Waals surface area (Å²) >= 11 is 0.685. The zero-order chi connectivity index (χ0) is 28.2. The summed E-state index contributed by atoms with van der Waals surface area (Å²) in [5, 5.41) is 13.8. The fraction of sp³-hybridized carbons (Fsp3) is 0.435. The van der Waals surface area contributed by atoms with Gasteiger partial charge in [0.2, 0.25) is 15.2 Å². The number of amides is 2. The lowest BCUT2D eigenvalue weighted by Crippen LogP contribution is -2.56. The number of urea groups is 1. The van der Waals surface area contributed by atoms with Crippen molar-refractivity contribution in [3.63, 3.8) is 0 Å². The van der Waals surface area contributed by atoms with Crippen molar-refractivity contribution in [1.29, 1.82) is 0 Å². The molecule has 0 unspecified atom stereocenters. The van der Waals surface area contributed by atoms with Crippen molar-refractivity contribution in [3.05, 3.63) is 29.5 Å². The van der Waals surface area contributed by atoms with Gasteiger partial charge in [-0.25, -0.2) is 37.1 Å². The van der Waals surface area contributed by atoms with Gasteiger partial charge in [-0.2, -0.15) is 0 Å². The Morgan fingerprint density at radius 2 is 1.68 bits per heavy atom. The molecule has 2 fully saturated rings. The highest BCUT2D eigenvalue weighted by Gasteiger charge is 2.30. The molecule has 0 bridgehead atoms. The maximum absolute atomic E-state index is 13.3. The first kappa shape index (κ1) is 26.7. The number of rotatable bonds is 4. The summed E-state index contributed by atoms with van der Waals surface area (Å²) in [5.74, 6) is 0.586. The lowest BCUT2D eigenvalue weighted by Gasteiger charge is -2.40. The number of anilines is 1. The van der Waals surface area contributed by atoms with E-state index in [9.17, 15) is 22.0 Å². The van der Waals surface area contributed by atoms with Gasteiger partial charge >= 0.3 is 6.03 Å². The number of primary sulfonamides is 1. The molecule has 0 aliphatic carbocycles. The van der Waals surface area contributed by atoms with E-state index >= 15 is 0 Å². The molecule has 0 atom stereocenters. The molecular formula is C23H26F2N10O3S2. The average molecular weight is 593 g/mol. The summed E-state index contributed by atoms with van der Waals surface area (Å²) in [4.78, 5) is 29.9. The van der Waals surface area contributed by atoms with E-state index in [-0.39, 0.29) is 16.1 Å². The normalized spacial score (nSPS) is 17.5. The molecule has 0 spiro atoms. The van der Waals surface area contributed by atoms with Gasteiger partial charge in [0.05, 0.1) is 15.8 Å². The van der Waals surface area contributed by atoms with E-state index in [0.717, 1.165) is 13.1 Å². The van der Waals surface area contributed by atoms with Gasteiger partial charge in [0.15, 0.2) is 10.7 Å². The number of halogens is 2. The van der Waals surface area contributed by atoms with Crippen LogP contribution in [0, 0.1) is 0 Å². The van der Waals surface area contributed by atoms with Crippen LogP contribution in [0.3, 0.4) is 0 Å². The summed E-state index contributed by atoms with van der Waals surface area (Å²) in [6.07, 6.45) is -1.45. The van der Waals surface area contributed by atoms with Gasteiger partial charge in [-0.15, -0.1) is 10.2 Å². The Morgan fingerprint density at radius 3 is 2.30 bits per heavy atom. The molecule has 2 N–H and O–H groups in total. The number of carbonyl (C=O) groups excluding carboxylic acids is 1. The minimum absolute atomic E-state index is 0.0267.